The van der Waals surface area contributed by atoms with E-state index in [0.29, 0.717) is 5.69 Å². The fourth-order valence-electron chi connectivity index (χ4n) is 4.00. The molecule has 0 spiro atoms. The molecular weight excluding hydrogens is 380 g/mol. The van der Waals surface area contributed by atoms with Gasteiger partial charge in [-0.3, -0.25) is 9.59 Å². The van der Waals surface area contributed by atoms with Gasteiger partial charge in [0, 0.05) is 37.6 Å². The Morgan fingerprint density at radius 2 is 1.86 bits per heavy atom. The molecule has 1 aliphatic carbocycles. The average Bonchev–Trinajstić information content (AvgIpc) is 3.21. The van der Waals surface area contributed by atoms with Crippen molar-refractivity contribution in [3.8, 4) is 0 Å². The minimum absolute atomic E-state index is 0.0388. The molecule has 154 valence electrons. The summed E-state index contributed by atoms with van der Waals surface area (Å²) in [5.41, 5.74) is 1.49. The summed E-state index contributed by atoms with van der Waals surface area (Å²) in [6.07, 6.45) is 5.48. The van der Waals surface area contributed by atoms with Crippen LogP contribution < -0.4 is 10.6 Å². The minimum atomic E-state index is -3.57. The Labute approximate surface area is 166 Å². The van der Waals surface area contributed by atoms with E-state index in [2.05, 4.69) is 10.6 Å². The zero-order valence-corrected chi connectivity index (χ0v) is 17.0. The second-order valence-corrected chi connectivity index (χ2v) is 10.1. The van der Waals surface area contributed by atoms with Crippen molar-refractivity contribution >= 4 is 27.3 Å². The van der Waals surface area contributed by atoms with Gasteiger partial charge in [0.25, 0.3) is 0 Å². The van der Waals surface area contributed by atoms with Crippen LogP contribution in [0.15, 0.2) is 24.3 Å². The normalized spacial score (nSPS) is 19.9. The maximum Gasteiger partial charge on any atom is 0.241 e. The number of carbonyl (C=O) groups is 2. The van der Waals surface area contributed by atoms with Crippen LogP contribution in [0.25, 0.3) is 0 Å². The van der Waals surface area contributed by atoms with Gasteiger partial charge in [-0.05, 0) is 43.4 Å². The molecule has 1 aromatic carbocycles. The van der Waals surface area contributed by atoms with E-state index < -0.39 is 20.5 Å². The molecule has 1 saturated carbocycles. The number of nitrogens with one attached hydrogen (secondary N) is 2. The van der Waals surface area contributed by atoms with Gasteiger partial charge < -0.3 is 15.4 Å². The van der Waals surface area contributed by atoms with Crippen LogP contribution in [0, 0.1) is 5.92 Å². The maximum atomic E-state index is 12.8. The van der Waals surface area contributed by atoms with Crippen LogP contribution in [0.3, 0.4) is 0 Å². The Morgan fingerprint density at radius 3 is 2.50 bits per heavy atom. The summed E-state index contributed by atoms with van der Waals surface area (Å²) in [6, 6.07) is 7.27. The largest absolute Gasteiger partial charge is 0.381 e. The monoisotopic (exact) mass is 408 g/mol. The van der Waals surface area contributed by atoms with Crippen LogP contribution >= 0.6 is 0 Å². The van der Waals surface area contributed by atoms with Crippen LogP contribution in [0.2, 0.25) is 0 Å². The highest BCUT2D eigenvalue weighted by atomic mass is 32.2. The molecular formula is C20H28N2O5S. The third-order valence-electron chi connectivity index (χ3n) is 5.80. The van der Waals surface area contributed by atoms with Crippen LogP contribution in [0.4, 0.5) is 5.69 Å². The van der Waals surface area contributed by atoms with Gasteiger partial charge in [0.1, 0.15) is 0 Å². The van der Waals surface area contributed by atoms with Crippen LogP contribution in [0.5, 0.6) is 0 Å². The van der Waals surface area contributed by atoms with Gasteiger partial charge in [-0.25, -0.2) is 8.42 Å². The average molecular weight is 409 g/mol. The Kier molecular flexibility index (Phi) is 6.40. The molecule has 2 aliphatic rings. The molecule has 1 saturated heterocycles. The standard InChI is InChI=1S/C20H28N2O5S/c1-28(25,26)20(9-11-27-12-10-20)19(24)21-14-15-5-4-8-17(13-15)22-18(23)16-6-2-3-7-16/h4-5,8,13,16H,2-3,6-7,9-12,14H2,1H3,(H,21,24)(H,22,23). The maximum absolute atomic E-state index is 12.8. The highest BCUT2D eigenvalue weighted by Gasteiger charge is 2.48. The molecule has 0 atom stereocenters. The number of rotatable bonds is 6. The third-order valence-corrected chi connectivity index (χ3v) is 7.81. The summed E-state index contributed by atoms with van der Waals surface area (Å²) in [7, 11) is -3.57. The van der Waals surface area contributed by atoms with Gasteiger partial charge in [-0.1, -0.05) is 25.0 Å². The molecule has 0 radical (unpaired) electrons. The van der Waals surface area contributed by atoms with E-state index in [9.17, 15) is 18.0 Å². The number of sulfone groups is 1. The smallest absolute Gasteiger partial charge is 0.241 e. The number of anilines is 1. The zero-order valence-electron chi connectivity index (χ0n) is 16.2. The second kappa shape index (κ2) is 8.61. The number of carbonyl (C=O) groups excluding carboxylic acids is 2. The summed E-state index contributed by atoms with van der Waals surface area (Å²) < 4.78 is 28.4. The molecule has 2 fully saturated rings. The number of amides is 2. The Morgan fingerprint density at radius 1 is 1.18 bits per heavy atom. The Balaban J connectivity index is 1.63. The van der Waals surface area contributed by atoms with Crippen molar-refractivity contribution in [1.29, 1.82) is 0 Å². The van der Waals surface area contributed by atoms with E-state index in [1.54, 1.807) is 0 Å². The van der Waals surface area contributed by atoms with Crippen molar-refractivity contribution in [2.24, 2.45) is 5.92 Å². The molecule has 0 unspecified atom stereocenters. The van der Waals surface area contributed by atoms with E-state index in [4.69, 9.17) is 4.74 Å². The molecule has 3 rings (SSSR count). The molecule has 7 nitrogen and oxygen atoms in total. The topological polar surface area (TPSA) is 102 Å². The summed E-state index contributed by atoms with van der Waals surface area (Å²) >= 11 is 0. The molecule has 1 aliphatic heterocycles. The van der Waals surface area contributed by atoms with Gasteiger partial charge in [0.15, 0.2) is 14.6 Å². The summed E-state index contributed by atoms with van der Waals surface area (Å²) in [6.45, 7) is 0.705. The van der Waals surface area contributed by atoms with Crippen molar-refractivity contribution in [1.82, 2.24) is 5.32 Å². The number of hydrogen-bond donors (Lipinski definition) is 2. The first kappa shape index (κ1) is 20.8. The Bertz CT molecular complexity index is 825. The van der Waals surface area contributed by atoms with Gasteiger partial charge in [0.2, 0.25) is 11.8 Å². The molecule has 0 aromatic heterocycles. The van der Waals surface area contributed by atoms with Crippen molar-refractivity contribution in [2.75, 3.05) is 24.8 Å². The molecule has 28 heavy (non-hydrogen) atoms. The fourth-order valence-corrected chi connectivity index (χ4v) is 5.32. The highest BCUT2D eigenvalue weighted by molar-refractivity contribution is 7.92. The highest BCUT2D eigenvalue weighted by Crippen LogP contribution is 2.30. The SMILES string of the molecule is CS(=O)(=O)C1(C(=O)NCc2cccc(NC(=O)C3CCCC3)c2)CCOCC1. The van der Waals surface area contributed by atoms with Gasteiger partial charge >= 0.3 is 0 Å². The Hall–Kier alpha value is -1.93. The molecule has 2 N–H and O–H groups in total. The minimum Gasteiger partial charge on any atom is -0.381 e. The lowest BCUT2D eigenvalue weighted by atomic mass is 9.98. The van der Waals surface area contributed by atoms with Crippen LogP contribution in [-0.2, 0) is 30.7 Å². The van der Waals surface area contributed by atoms with E-state index in [1.165, 1.54) is 0 Å². The van der Waals surface area contributed by atoms with Crippen molar-refractivity contribution in [3.05, 3.63) is 29.8 Å². The van der Waals surface area contributed by atoms with E-state index >= 15 is 0 Å². The number of hydrogen-bond acceptors (Lipinski definition) is 5. The second-order valence-electron chi connectivity index (χ2n) is 7.73. The lowest BCUT2D eigenvalue weighted by Crippen LogP contribution is -2.55. The van der Waals surface area contributed by atoms with Crippen molar-refractivity contribution in [3.63, 3.8) is 0 Å². The first-order chi connectivity index (χ1) is 13.3. The zero-order chi connectivity index (χ0) is 20.2. The van der Waals surface area contributed by atoms with Crippen LogP contribution in [0.1, 0.15) is 44.1 Å². The lowest BCUT2D eigenvalue weighted by Gasteiger charge is -2.33. The number of benzene rings is 1. The summed E-state index contributed by atoms with van der Waals surface area (Å²) in [4.78, 5) is 25.1. The van der Waals surface area contributed by atoms with Gasteiger partial charge in [0.05, 0.1) is 0 Å². The van der Waals surface area contributed by atoms with Crippen LogP contribution in [-0.4, -0.2) is 44.4 Å². The van der Waals surface area contributed by atoms with Gasteiger partial charge in [-0.15, -0.1) is 0 Å². The van der Waals surface area contributed by atoms with E-state index in [0.717, 1.165) is 37.5 Å². The summed E-state index contributed by atoms with van der Waals surface area (Å²) in [5.74, 6) is -0.373. The van der Waals surface area contributed by atoms with Crippen molar-refractivity contribution in [2.45, 2.75) is 49.8 Å². The van der Waals surface area contributed by atoms with E-state index in [1.807, 2.05) is 24.3 Å². The van der Waals surface area contributed by atoms with Crippen molar-refractivity contribution < 1.29 is 22.7 Å². The van der Waals surface area contributed by atoms with Gasteiger partial charge in [-0.2, -0.15) is 0 Å². The molecule has 1 aromatic rings. The molecule has 2 amide bonds. The number of ether oxygens (including phenoxy) is 1. The predicted octanol–water partition coefficient (Wildman–Crippen LogP) is 2.03. The first-order valence-electron chi connectivity index (χ1n) is 9.77. The molecule has 8 heteroatoms. The first-order valence-corrected chi connectivity index (χ1v) is 11.7. The van der Waals surface area contributed by atoms with E-state index in [-0.39, 0.29) is 44.4 Å². The lowest BCUT2D eigenvalue weighted by molar-refractivity contribution is -0.126. The fraction of sp³-hybridized carbons (Fsp3) is 0.600. The molecule has 1 heterocycles. The quantitative estimate of drug-likeness (QED) is 0.750. The summed E-state index contributed by atoms with van der Waals surface area (Å²) in [5, 5.41) is 5.71. The molecule has 0 bridgehead atoms. The predicted molar refractivity (Wildman–Crippen MR) is 107 cm³/mol. The third kappa shape index (κ3) is 4.55.